The van der Waals surface area contributed by atoms with Gasteiger partial charge in [0, 0.05) is 24.1 Å². The number of thioether (sulfide) groups is 1. The van der Waals surface area contributed by atoms with E-state index in [-0.39, 0.29) is 29.1 Å². The third-order valence-electron chi connectivity index (χ3n) is 5.21. The van der Waals surface area contributed by atoms with Gasteiger partial charge in [-0.2, -0.15) is 8.42 Å². The summed E-state index contributed by atoms with van der Waals surface area (Å²) in [5.74, 6) is 1.21. The van der Waals surface area contributed by atoms with Crippen molar-refractivity contribution in [1.82, 2.24) is 9.80 Å². The second-order valence-electron chi connectivity index (χ2n) is 7.34. The van der Waals surface area contributed by atoms with Crippen molar-refractivity contribution in [2.24, 2.45) is 4.40 Å². The molecular weight excluding hydrogens is 452 g/mol. The molecule has 0 aromatic heterocycles. The molecule has 0 bridgehead atoms. The van der Waals surface area contributed by atoms with Crippen LogP contribution in [0.1, 0.15) is 5.56 Å². The minimum atomic E-state index is -3.77. The first-order chi connectivity index (χ1) is 15.3. The molecule has 2 aliphatic rings. The number of methoxy groups -OCH3 is 1. The number of hydrogen-bond acceptors (Lipinski definition) is 7. The van der Waals surface area contributed by atoms with Gasteiger partial charge in [0.2, 0.25) is 11.8 Å². The van der Waals surface area contributed by atoms with Crippen molar-refractivity contribution < 1.29 is 22.7 Å². The minimum absolute atomic E-state index is 0.102. The smallest absolute Gasteiger partial charge is 0.285 e. The van der Waals surface area contributed by atoms with E-state index in [4.69, 9.17) is 4.74 Å². The van der Waals surface area contributed by atoms with Crippen molar-refractivity contribution in [2.75, 3.05) is 37.6 Å². The Bertz CT molecular complexity index is 1180. The number of hydrogen-bond donors (Lipinski definition) is 1. The predicted octanol–water partition coefficient (Wildman–Crippen LogP) is 1.62. The molecule has 1 N–H and O–H groups in total. The van der Waals surface area contributed by atoms with Crippen molar-refractivity contribution >= 4 is 45.1 Å². The Balaban J connectivity index is 1.44. The Kier molecular flexibility index (Phi) is 6.11. The summed E-state index contributed by atoms with van der Waals surface area (Å²) in [6.45, 7) is -0.102. The number of benzene rings is 2. The van der Waals surface area contributed by atoms with E-state index in [9.17, 15) is 18.0 Å². The van der Waals surface area contributed by atoms with E-state index < -0.39 is 16.1 Å². The van der Waals surface area contributed by atoms with Gasteiger partial charge < -0.3 is 19.9 Å². The lowest BCUT2D eigenvalue weighted by Gasteiger charge is -2.26. The largest absolute Gasteiger partial charge is 0.497 e. The average molecular weight is 475 g/mol. The number of carbonyl (C=O) groups excluding carboxylic acids is 2. The predicted molar refractivity (Wildman–Crippen MR) is 122 cm³/mol. The lowest BCUT2D eigenvalue weighted by Crippen LogP contribution is -2.48. The normalized spacial score (nSPS) is 18.6. The summed E-state index contributed by atoms with van der Waals surface area (Å²) in [5, 5.41) is 2.83. The molecule has 0 saturated carbocycles. The summed E-state index contributed by atoms with van der Waals surface area (Å²) in [6.07, 6.45) is 0. The van der Waals surface area contributed by atoms with Crippen molar-refractivity contribution in [2.45, 2.75) is 10.9 Å². The SMILES string of the molecule is COc1ccc(NC(=O)C2CSCN2C(=O)CN(C)C2=NS(=O)(=O)c3ccccc32)cc1. The number of ether oxygens (including phenoxy) is 1. The molecule has 2 heterocycles. The Morgan fingerprint density at radius 2 is 1.94 bits per heavy atom. The van der Waals surface area contributed by atoms with Crippen LogP contribution in [0.5, 0.6) is 5.75 Å². The standard InChI is InChI=1S/C21H22N4O5S2/c1-24(20-16-5-3-4-6-18(16)32(28,29)23-20)11-19(26)25-13-31-12-17(25)21(27)22-14-7-9-15(30-2)10-8-14/h3-10,17H,11-13H2,1-2H3,(H,22,27). The summed E-state index contributed by atoms with van der Waals surface area (Å²) in [4.78, 5) is 29.0. The number of amidine groups is 1. The highest BCUT2D eigenvalue weighted by Gasteiger charge is 2.36. The van der Waals surface area contributed by atoms with Crippen molar-refractivity contribution in [3.63, 3.8) is 0 Å². The molecule has 32 heavy (non-hydrogen) atoms. The van der Waals surface area contributed by atoms with Crippen LogP contribution in [0.15, 0.2) is 57.8 Å². The van der Waals surface area contributed by atoms with Crippen LogP contribution in [-0.2, 0) is 19.6 Å². The first kappa shape index (κ1) is 22.2. The van der Waals surface area contributed by atoms with Crippen LogP contribution in [0.2, 0.25) is 0 Å². The van der Waals surface area contributed by atoms with Crippen LogP contribution in [-0.4, -0.2) is 74.2 Å². The zero-order valence-electron chi connectivity index (χ0n) is 17.5. The number of nitrogens with zero attached hydrogens (tertiary/aromatic N) is 3. The number of fused-ring (bicyclic) bond motifs is 1. The third-order valence-corrected chi connectivity index (χ3v) is 7.55. The second kappa shape index (κ2) is 8.83. The van der Waals surface area contributed by atoms with Gasteiger partial charge in [0.05, 0.1) is 19.5 Å². The fraction of sp³-hybridized carbons (Fsp3) is 0.286. The molecule has 1 saturated heterocycles. The molecule has 0 radical (unpaired) electrons. The number of sulfonamides is 1. The van der Waals surface area contributed by atoms with E-state index in [0.29, 0.717) is 28.6 Å². The molecule has 2 aliphatic heterocycles. The second-order valence-corrected chi connectivity index (χ2v) is 9.91. The maximum atomic E-state index is 13.0. The number of nitrogens with one attached hydrogen (secondary N) is 1. The van der Waals surface area contributed by atoms with E-state index in [0.717, 1.165) is 0 Å². The first-order valence-corrected chi connectivity index (χ1v) is 12.4. The van der Waals surface area contributed by atoms with Gasteiger partial charge in [-0.1, -0.05) is 12.1 Å². The number of likely N-dealkylation sites (N-methyl/N-ethyl adjacent to an activating group) is 1. The highest BCUT2D eigenvalue weighted by Crippen LogP contribution is 2.28. The lowest BCUT2D eigenvalue weighted by atomic mass is 10.2. The Morgan fingerprint density at radius 3 is 2.66 bits per heavy atom. The van der Waals surface area contributed by atoms with Crippen molar-refractivity contribution in [1.29, 1.82) is 0 Å². The molecule has 1 fully saturated rings. The van der Waals surface area contributed by atoms with Crippen molar-refractivity contribution in [3.05, 3.63) is 54.1 Å². The molecule has 1 unspecified atom stereocenters. The third kappa shape index (κ3) is 4.30. The highest BCUT2D eigenvalue weighted by atomic mass is 32.2. The van der Waals surface area contributed by atoms with Crippen molar-refractivity contribution in [3.8, 4) is 5.75 Å². The molecule has 168 valence electrons. The van der Waals surface area contributed by atoms with Crippen LogP contribution >= 0.6 is 11.8 Å². The van der Waals surface area contributed by atoms with Gasteiger partial charge >= 0.3 is 0 Å². The van der Waals surface area contributed by atoms with E-state index >= 15 is 0 Å². The Hall–Kier alpha value is -3.05. The van der Waals surface area contributed by atoms with Gasteiger partial charge in [-0.3, -0.25) is 9.59 Å². The van der Waals surface area contributed by atoms with Crippen LogP contribution in [0.3, 0.4) is 0 Å². The molecule has 11 heteroatoms. The summed E-state index contributed by atoms with van der Waals surface area (Å²) in [5.41, 5.74) is 1.08. The van der Waals surface area contributed by atoms with Gasteiger partial charge in [-0.05, 0) is 36.4 Å². The average Bonchev–Trinajstić information content (AvgIpc) is 3.38. The summed E-state index contributed by atoms with van der Waals surface area (Å²) < 4.78 is 33.5. The fourth-order valence-electron chi connectivity index (χ4n) is 3.54. The molecule has 0 aliphatic carbocycles. The number of rotatable bonds is 5. The minimum Gasteiger partial charge on any atom is -0.497 e. The Morgan fingerprint density at radius 1 is 1.22 bits per heavy atom. The monoisotopic (exact) mass is 474 g/mol. The number of carbonyl (C=O) groups is 2. The quantitative estimate of drug-likeness (QED) is 0.701. The van der Waals surface area contributed by atoms with E-state index in [1.807, 2.05) is 0 Å². The number of anilines is 1. The van der Waals surface area contributed by atoms with Gasteiger partial charge in [0.1, 0.15) is 16.7 Å². The first-order valence-electron chi connectivity index (χ1n) is 9.78. The van der Waals surface area contributed by atoms with Gasteiger partial charge in [-0.25, -0.2) is 0 Å². The zero-order valence-corrected chi connectivity index (χ0v) is 19.1. The fourth-order valence-corrected chi connectivity index (χ4v) is 5.97. The molecular formula is C21H22N4O5S2. The Labute approximate surface area is 190 Å². The summed E-state index contributed by atoms with van der Waals surface area (Å²) in [7, 11) is -0.595. The van der Waals surface area contributed by atoms with E-state index in [2.05, 4.69) is 9.71 Å². The molecule has 4 rings (SSSR count). The lowest BCUT2D eigenvalue weighted by molar-refractivity contribution is -0.136. The van der Waals surface area contributed by atoms with E-state index in [1.165, 1.54) is 27.6 Å². The van der Waals surface area contributed by atoms with Gasteiger partial charge in [0.25, 0.3) is 10.0 Å². The maximum Gasteiger partial charge on any atom is 0.285 e. The molecule has 2 aromatic carbocycles. The summed E-state index contributed by atoms with van der Waals surface area (Å²) >= 11 is 1.49. The molecule has 1 atom stereocenters. The van der Waals surface area contributed by atoms with E-state index in [1.54, 1.807) is 56.6 Å². The van der Waals surface area contributed by atoms with Crippen LogP contribution < -0.4 is 10.1 Å². The molecule has 2 aromatic rings. The topological polar surface area (TPSA) is 108 Å². The number of amides is 2. The van der Waals surface area contributed by atoms with Crippen LogP contribution in [0, 0.1) is 0 Å². The van der Waals surface area contributed by atoms with Crippen LogP contribution in [0.4, 0.5) is 5.69 Å². The maximum absolute atomic E-state index is 13.0. The highest BCUT2D eigenvalue weighted by molar-refractivity contribution is 7.99. The molecule has 2 amide bonds. The molecule has 0 spiro atoms. The van der Waals surface area contributed by atoms with Crippen LogP contribution in [0.25, 0.3) is 0 Å². The van der Waals surface area contributed by atoms with Gasteiger partial charge in [-0.15, -0.1) is 16.2 Å². The zero-order chi connectivity index (χ0) is 22.9. The van der Waals surface area contributed by atoms with Gasteiger partial charge in [0.15, 0.2) is 5.84 Å². The summed E-state index contributed by atoms with van der Waals surface area (Å²) in [6, 6.07) is 12.8. The molecule has 9 nitrogen and oxygen atoms in total.